The zero-order valence-corrected chi connectivity index (χ0v) is 16.8. The van der Waals surface area contributed by atoms with E-state index in [1.54, 1.807) is 0 Å². The van der Waals surface area contributed by atoms with Gasteiger partial charge < -0.3 is 19.5 Å². The molecule has 5 heteroatoms. The van der Waals surface area contributed by atoms with Crippen LogP contribution in [-0.2, 0) is 9.47 Å². The molecule has 0 radical (unpaired) electrons. The molecule has 1 saturated carbocycles. The van der Waals surface area contributed by atoms with Crippen molar-refractivity contribution in [2.24, 2.45) is 23.2 Å². The maximum atomic E-state index is 12.0. The molecule has 5 nitrogen and oxygen atoms in total. The Labute approximate surface area is 161 Å². The molecule has 2 bridgehead atoms. The van der Waals surface area contributed by atoms with Crippen molar-refractivity contribution in [3.63, 3.8) is 0 Å². The number of hydrogen-bond acceptors (Lipinski definition) is 4. The minimum atomic E-state index is -0.327. The number of alkyl carbamates (subject to hydrolysis) is 1. The molecule has 0 spiro atoms. The maximum absolute atomic E-state index is 12.0. The maximum Gasteiger partial charge on any atom is 0.407 e. The molecule has 2 aliphatic heterocycles. The van der Waals surface area contributed by atoms with E-state index in [1.165, 1.54) is 0 Å². The Morgan fingerprint density at radius 1 is 1.33 bits per heavy atom. The summed E-state index contributed by atoms with van der Waals surface area (Å²) in [7, 11) is 0. The van der Waals surface area contributed by atoms with Crippen LogP contribution < -0.4 is 10.1 Å². The number of carbonyl (C=O) groups is 1. The van der Waals surface area contributed by atoms with E-state index in [2.05, 4.69) is 32.2 Å². The number of fused-ring (bicyclic) bond motifs is 3. The molecule has 27 heavy (non-hydrogen) atoms. The number of para-hydroxylation sites is 1. The molecule has 2 heterocycles. The molecule has 2 fully saturated rings. The Kier molecular flexibility index (Phi) is 4.61. The third kappa shape index (κ3) is 2.82. The zero-order valence-electron chi connectivity index (χ0n) is 16.8. The molecule has 1 aliphatic carbocycles. The van der Waals surface area contributed by atoms with E-state index in [4.69, 9.17) is 14.2 Å². The van der Waals surface area contributed by atoms with Gasteiger partial charge in [0.2, 0.25) is 0 Å². The van der Waals surface area contributed by atoms with Crippen LogP contribution in [-0.4, -0.2) is 31.5 Å². The fourth-order valence-corrected chi connectivity index (χ4v) is 5.73. The summed E-state index contributed by atoms with van der Waals surface area (Å²) >= 11 is 0. The Hall–Kier alpha value is -1.75. The fraction of sp³-hybridized carbons (Fsp3) is 0.682. The predicted molar refractivity (Wildman–Crippen MR) is 103 cm³/mol. The number of nitrogens with one attached hydrogen (secondary N) is 1. The lowest BCUT2D eigenvalue weighted by atomic mass is 9.50. The van der Waals surface area contributed by atoms with Gasteiger partial charge in [0.25, 0.3) is 0 Å². The van der Waals surface area contributed by atoms with Crippen LogP contribution in [0.1, 0.15) is 52.2 Å². The second-order valence-corrected chi connectivity index (χ2v) is 8.84. The van der Waals surface area contributed by atoms with Crippen molar-refractivity contribution in [3.8, 4) is 5.75 Å². The standard InChI is InChI=1S/C22H31NO4/c1-5-10-23-20(24)26-13-22-12-25-19-16-8-6-7-9-17(16)27-21(4,11-14(22)2)18(19)15(22)3/h6-9,14-15,18-19H,5,10-13H2,1-4H3,(H,23,24)/t14-,15-,18+,19-,21+,22?/m0/s1. The summed E-state index contributed by atoms with van der Waals surface area (Å²) in [6.45, 7) is 10.4. The van der Waals surface area contributed by atoms with E-state index < -0.39 is 0 Å². The third-order valence-electron chi connectivity index (χ3n) is 7.26. The molecule has 6 atom stereocenters. The predicted octanol–water partition coefficient (Wildman–Crippen LogP) is 4.32. The van der Waals surface area contributed by atoms with Crippen molar-refractivity contribution in [2.45, 2.75) is 52.2 Å². The molecule has 1 N–H and O–H groups in total. The number of rotatable bonds is 4. The molecule has 4 rings (SSSR count). The average molecular weight is 373 g/mol. The summed E-state index contributed by atoms with van der Waals surface area (Å²) in [5, 5.41) is 2.81. The van der Waals surface area contributed by atoms with Gasteiger partial charge in [0, 0.05) is 23.4 Å². The van der Waals surface area contributed by atoms with Crippen LogP contribution in [0.25, 0.3) is 0 Å². The Morgan fingerprint density at radius 3 is 2.89 bits per heavy atom. The second kappa shape index (κ2) is 6.69. The molecule has 1 saturated heterocycles. The Morgan fingerprint density at radius 2 is 2.11 bits per heavy atom. The van der Waals surface area contributed by atoms with E-state index in [0.29, 0.717) is 31.6 Å². The molecule has 1 aromatic rings. The molecule has 0 aromatic heterocycles. The van der Waals surface area contributed by atoms with E-state index >= 15 is 0 Å². The van der Waals surface area contributed by atoms with Crippen molar-refractivity contribution in [2.75, 3.05) is 19.8 Å². The first-order chi connectivity index (χ1) is 12.9. The van der Waals surface area contributed by atoms with Gasteiger partial charge >= 0.3 is 6.09 Å². The topological polar surface area (TPSA) is 56.8 Å². The first kappa shape index (κ1) is 18.6. The first-order valence-electron chi connectivity index (χ1n) is 10.2. The lowest BCUT2D eigenvalue weighted by Crippen LogP contribution is -2.66. The molecule has 1 unspecified atom stereocenters. The van der Waals surface area contributed by atoms with Gasteiger partial charge in [-0.1, -0.05) is 39.0 Å². The SMILES string of the molecule is CCCNC(=O)OCC12CO[C@H]3c4ccccc4O[C@](C)(C[C@@H]1C)[C@@H]3[C@@H]2C. The lowest BCUT2D eigenvalue weighted by Gasteiger charge is -2.63. The van der Waals surface area contributed by atoms with Crippen LogP contribution in [0.3, 0.4) is 0 Å². The zero-order chi connectivity index (χ0) is 19.2. The highest BCUT2D eigenvalue weighted by molar-refractivity contribution is 5.67. The molecular formula is C22H31NO4. The quantitative estimate of drug-likeness (QED) is 0.854. The van der Waals surface area contributed by atoms with Crippen LogP contribution >= 0.6 is 0 Å². The normalized spacial score (nSPS) is 39.1. The largest absolute Gasteiger partial charge is 0.487 e. The van der Waals surface area contributed by atoms with Gasteiger partial charge in [-0.25, -0.2) is 4.79 Å². The minimum absolute atomic E-state index is 0.0458. The number of benzene rings is 1. The van der Waals surface area contributed by atoms with Gasteiger partial charge in [-0.2, -0.15) is 0 Å². The highest BCUT2D eigenvalue weighted by atomic mass is 16.6. The molecular weight excluding hydrogens is 342 g/mol. The number of hydrogen-bond donors (Lipinski definition) is 1. The number of ether oxygens (including phenoxy) is 3. The van der Waals surface area contributed by atoms with Gasteiger partial charge in [-0.3, -0.25) is 0 Å². The Balaban J connectivity index is 1.61. The van der Waals surface area contributed by atoms with E-state index in [1.807, 2.05) is 25.1 Å². The highest BCUT2D eigenvalue weighted by Crippen LogP contribution is 2.63. The first-order valence-corrected chi connectivity index (χ1v) is 10.2. The summed E-state index contributed by atoms with van der Waals surface area (Å²) in [4.78, 5) is 12.0. The smallest absolute Gasteiger partial charge is 0.407 e. The number of carbonyl (C=O) groups excluding carboxylic acids is 1. The van der Waals surface area contributed by atoms with Crippen LogP contribution in [0, 0.1) is 23.2 Å². The van der Waals surface area contributed by atoms with Gasteiger partial charge in [0.15, 0.2) is 0 Å². The summed E-state index contributed by atoms with van der Waals surface area (Å²) in [5.41, 5.74) is 0.725. The lowest BCUT2D eigenvalue weighted by molar-refractivity contribution is -0.259. The van der Waals surface area contributed by atoms with Gasteiger partial charge in [-0.05, 0) is 37.7 Å². The number of amides is 1. The average Bonchev–Trinajstić information content (AvgIpc) is 2.64. The summed E-state index contributed by atoms with van der Waals surface area (Å²) in [5.74, 6) is 1.86. The van der Waals surface area contributed by atoms with Crippen molar-refractivity contribution in [3.05, 3.63) is 29.8 Å². The summed E-state index contributed by atoms with van der Waals surface area (Å²) in [6, 6.07) is 8.24. The molecule has 1 aromatic carbocycles. The monoisotopic (exact) mass is 373 g/mol. The highest BCUT2D eigenvalue weighted by Gasteiger charge is 2.64. The Bertz CT molecular complexity index is 722. The third-order valence-corrected chi connectivity index (χ3v) is 7.26. The van der Waals surface area contributed by atoms with E-state index in [0.717, 1.165) is 24.2 Å². The van der Waals surface area contributed by atoms with Crippen molar-refractivity contribution >= 4 is 6.09 Å². The molecule has 3 aliphatic rings. The van der Waals surface area contributed by atoms with Crippen LogP contribution in [0.4, 0.5) is 4.79 Å². The van der Waals surface area contributed by atoms with Crippen LogP contribution in [0.2, 0.25) is 0 Å². The van der Waals surface area contributed by atoms with Gasteiger partial charge in [0.05, 0.1) is 12.7 Å². The van der Waals surface area contributed by atoms with E-state index in [-0.39, 0.29) is 29.1 Å². The van der Waals surface area contributed by atoms with Crippen molar-refractivity contribution < 1.29 is 19.0 Å². The van der Waals surface area contributed by atoms with Crippen LogP contribution in [0.15, 0.2) is 24.3 Å². The summed E-state index contributed by atoms with van der Waals surface area (Å²) < 4.78 is 18.7. The van der Waals surface area contributed by atoms with Gasteiger partial charge in [0.1, 0.15) is 18.0 Å². The summed E-state index contributed by atoms with van der Waals surface area (Å²) in [6.07, 6.45) is 1.56. The molecule has 1 amide bonds. The van der Waals surface area contributed by atoms with Gasteiger partial charge in [-0.15, -0.1) is 0 Å². The van der Waals surface area contributed by atoms with Crippen molar-refractivity contribution in [1.29, 1.82) is 0 Å². The molecule has 148 valence electrons. The fourth-order valence-electron chi connectivity index (χ4n) is 5.73. The van der Waals surface area contributed by atoms with Crippen LogP contribution in [0.5, 0.6) is 5.75 Å². The second-order valence-electron chi connectivity index (χ2n) is 8.84. The van der Waals surface area contributed by atoms with Crippen molar-refractivity contribution in [1.82, 2.24) is 5.32 Å². The minimum Gasteiger partial charge on any atom is -0.487 e. The van der Waals surface area contributed by atoms with E-state index in [9.17, 15) is 4.79 Å².